The van der Waals surface area contributed by atoms with E-state index in [0.717, 1.165) is 12.1 Å². The molecule has 0 bridgehead atoms. The third-order valence-corrected chi connectivity index (χ3v) is 2.39. The summed E-state index contributed by atoms with van der Waals surface area (Å²) in [6.07, 6.45) is 0. The van der Waals surface area contributed by atoms with Crippen molar-refractivity contribution in [3.8, 4) is 17.1 Å². The third-order valence-electron chi connectivity index (χ3n) is 2.16. The Hall–Kier alpha value is -1.75. The fraction of sp³-hybridized carbons (Fsp3) is 0.273. The number of ether oxygens (including phenoxy) is 1. The van der Waals surface area contributed by atoms with Crippen molar-refractivity contribution >= 4 is 17.6 Å². The molecule has 2 rings (SSSR count). The number of rotatable bonds is 4. The van der Waals surface area contributed by atoms with E-state index >= 15 is 0 Å². The number of hydrogen-bond donors (Lipinski definition) is 1. The second-order valence-corrected chi connectivity index (χ2v) is 3.73. The Morgan fingerprint density at radius 3 is 3.00 bits per heavy atom. The van der Waals surface area contributed by atoms with Crippen LogP contribution in [-0.2, 0) is 0 Å². The maximum atomic E-state index is 5.88. The van der Waals surface area contributed by atoms with Crippen LogP contribution >= 0.6 is 11.6 Å². The van der Waals surface area contributed by atoms with Crippen LogP contribution in [0.15, 0.2) is 22.7 Å². The largest absolute Gasteiger partial charge is 0.496 e. The van der Waals surface area contributed by atoms with E-state index in [1.165, 1.54) is 0 Å². The summed E-state index contributed by atoms with van der Waals surface area (Å²) in [7, 11) is 1.57. The van der Waals surface area contributed by atoms with Gasteiger partial charge in [0.05, 0.1) is 12.7 Å². The molecule has 0 aliphatic rings. The fourth-order valence-electron chi connectivity index (χ4n) is 1.41. The van der Waals surface area contributed by atoms with E-state index in [1.54, 1.807) is 25.3 Å². The lowest BCUT2D eigenvalue weighted by Crippen LogP contribution is -1.96. The zero-order valence-electron chi connectivity index (χ0n) is 9.53. The van der Waals surface area contributed by atoms with Crippen molar-refractivity contribution < 1.29 is 9.26 Å². The van der Waals surface area contributed by atoms with E-state index in [0.29, 0.717) is 22.6 Å². The molecule has 0 spiro atoms. The molecule has 0 aliphatic heterocycles. The van der Waals surface area contributed by atoms with Crippen molar-refractivity contribution in [2.45, 2.75) is 6.92 Å². The predicted molar refractivity (Wildman–Crippen MR) is 65.5 cm³/mol. The molecule has 0 radical (unpaired) electrons. The first-order chi connectivity index (χ1) is 8.24. The van der Waals surface area contributed by atoms with Crippen LogP contribution in [0.25, 0.3) is 11.4 Å². The molecule has 1 heterocycles. The van der Waals surface area contributed by atoms with Crippen molar-refractivity contribution in [1.82, 2.24) is 10.1 Å². The third kappa shape index (κ3) is 2.50. The minimum absolute atomic E-state index is 0.388. The molecule has 0 aliphatic carbocycles. The summed E-state index contributed by atoms with van der Waals surface area (Å²) in [5.41, 5.74) is 0.741. The molecule has 0 saturated heterocycles. The molecular weight excluding hydrogens is 242 g/mol. The van der Waals surface area contributed by atoms with E-state index in [-0.39, 0.29) is 0 Å². The van der Waals surface area contributed by atoms with Gasteiger partial charge in [-0.3, -0.25) is 0 Å². The minimum atomic E-state index is 0.388. The number of hydrogen-bond acceptors (Lipinski definition) is 5. The van der Waals surface area contributed by atoms with Gasteiger partial charge in [0.25, 0.3) is 0 Å². The lowest BCUT2D eigenvalue weighted by atomic mass is 10.2. The summed E-state index contributed by atoms with van der Waals surface area (Å²) in [5, 5.41) is 7.41. The Morgan fingerprint density at radius 1 is 1.47 bits per heavy atom. The Bertz CT molecular complexity index is 513. The summed E-state index contributed by atoms with van der Waals surface area (Å²) in [4.78, 5) is 4.20. The van der Waals surface area contributed by atoms with Gasteiger partial charge in [0.2, 0.25) is 5.82 Å². The average Bonchev–Trinajstić information content (AvgIpc) is 2.78. The van der Waals surface area contributed by atoms with E-state index in [2.05, 4.69) is 15.5 Å². The lowest BCUT2D eigenvalue weighted by molar-refractivity contribution is 0.413. The summed E-state index contributed by atoms with van der Waals surface area (Å²) < 4.78 is 10.3. The average molecular weight is 254 g/mol. The molecule has 0 atom stereocenters. The Morgan fingerprint density at radius 2 is 2.29 bits per heavy atom. The molecule has 1 aromatic heterocycles. The first-order valence-electron chi connectivity index (χ1n) is 5.16. The highest BCUT2D eigenvalue weighted by Crippen LogP contribution is 2.30. The smallest absolute Gasteiger partial charge is 0.321 e. The number of halogens is 1. The van der Waals surface area contributed by atoms with E-state index in [4.69, 9.17) is 20.9 Å². The van der Waals surface area contributed by atoms with Gasteiger partial charge in [-0.15, -0.1) is 0 Å². The van der Waals surface area contributed by atoms with Crippen molar-refractivity contribution in [2.24, 2.45) is 0 Å². The maximum Gasteiger partial charge on any atom is 0.321 e. The Labute approximate surface area is 104 Å². The zero-order chi connectivity index (χ0) is 12.3. The summed E-state index contributed by atoms with van der Waals surface area (Å²) in [5.74, 6) is 1.08. The highest BCUT2D eigenvalue weighted by atomic mass is 35.5. The first-order valence-corrected chi connectivity index (χ1v) is 5.54. The number of nitrogens with zero attached hydrogens (tertiary/aromatic N) is 2. The molecule has 6 heteroatoms. The van der Waals surface area contributed by atoms with Gasteiger partial charge in [-0.2, -0.15) is 4.98 Å². The Kier molecular flexibility index (Phi) is 3.49. The number of benzene rings is 1. The lowest BCUT2D eigenvalue weighted by Gasteiger charge is -2.04. The Balaban J connectivity index is 2.37. The van der Waals surface area contributed by atoms with Crippen molar-refractivity contribution in [1.29, 1.82) is 0 Å². The fourth-order valence-corrected chi connectivity index (χ4v) is 1.57. The van der Waals surface area contributed by atoms with Crippen LogP contribution in [0.1, 0.15) is 6.92 Å². The van der Waals surface area contributed by atoms with Gasteiger partial charge >= 0.3 is 6.01 Å². The van der Waals surface area contributed by atoms with Gasteiger partial charge < -0.3 is 14.6 Å². The van der Waals surface area contributed by atoms with Crippen LogP contribution in [0, 0.1) is 0 Å². The molecule has 2 aromatic rings. The van der Waals surface area contributed by atoms with Crippen LogP contribution in [0.4, 0.5) is 6.01 Å². The summed E-state index contributed by atoms with van der Waals surface area (Å²) in [6, 6.07) is 5.64. The number of methoxy groups -OCH3 is 1. The van der Waals surface area contributed by atoms with Crippen LogP contribution < -0.4 is 10.1 Å². The molecule has 5 nitrogen and oxygen atoms in total. The summed E-state index contributed by atoms with van der Waals surface area (Å²) in [6.45, 7) is 2.67. The van der Waals surface area contributed by atoms with E-state index < -0.39 is 0 Å². The number of aromatic nitrogens is 2. The molecule has 1 aromatic carbocycles. The highest BCUT2D eigenvalue weighted by Gasteiger charge is 2.13. The van der Waals surface area contributed by atoms with Gasteiger partial charge in [0.15, 0.2) is 0 Å². The van der Waals surface area contributed by atoms with Crippen LogP contribution in [0.5, 0.6) is 5.75 Å². The zero-order valence-corrected chi connectivity index (χ0v) is 10.3. The second kappa shape index (κ2) is 5.05. The standard InChI is InChI=1S/C11H12ClN3O2/c1-3-13-11-14-10(15-17-11)8-5-4-7(12)6-9(8)16-2/h4-6H,3H2,1-2H3,(H,13,14,15). The first kappa shape index (κ1) is 11.7. The molecule has 0 fully saturated rings. The predicted octanol–water partition coefficient (Wildman–Crippen LogP) is 2.83. The van der Waals surface area contributed by atoms with Crippen molar-refractivity contribution in [3.63, 3.8) is 0 Å². The van der Waals surface area contributed by atoms with Crippen molar-refractivity contribution in [3.05, 3.63) is 23.2 Å². The quantitative estimate of drug-likeness (QED) is 0.908. The number of nitrogens with one attached hydrogen (secondary N) is 1. The van der Waals surface area contributed by atoms with Crippen LogP contribution in [-0.4, -0.2) is 23.8 Å². The minimum Gasteiger partial charge on any atom is -0.496 e. The van der Waals surface area contributed by atoms with Crippen molar-refractivity contribution in [2.75, 3.05) is 19.0 Å². The van der Waals surface area contributed by atoms with Gasteiger partial charge in [-0.25, -0.2) is 0 Å². The molecular formula is C11H12ClN3O2. The molecule has 0 saturated carbocycles. The van der Waals surface area contributed by atoms with Gasteiger partial charge in [-0.05, 0) is 25.1 Å². The second-order valence-electron chi connectivity index (χ2n) is 3.30. The van der Waals surface area contributed by atoms with Crippen LogP contribution in [0.2, 0.25) is 5.02 Å². The normalized spacial score (nSPS) is 10.3. The topological polar surface area (TPSA) is 60.2 Å². The van der Waals surface area contributed by atoms with Gasteiger partial charge in [-0.1, -0.05) is 16.8 Å². The maximum absolute atomic E-state index is 5.88. The monoisotopic (exact) mass is 253 g/mol. The number of anilines is 1. The van der Waals surface area contributed by atoms with E-state index in [1.807, 2.05) is 6.92 Å². The molecule has 0 amide bonds. The van der Waals surface area contributed by atoms with Gasteiger partial charge in [0.1, 0.15) is 5.75 Å². The SMILES string of the molecule is CCNc1nc(-c2ccc(Cl)cc2OC)no1. The van der Waals surface area contributed by atoms with Gasteiger partial charge in [0, 0.05) is 11.6 Å². The highest BCUT2D eigenvalue weighted by molar-refractivity contribution is 6.30. The molecule has 0 unspecified atom stereocenters. The summed E-state index contributed by atoms with van der Waals surface area (Å²) >= 11 is 5.88. The molecule has 90 valence electrons. The molecule has 1 N–H and O–H groups in total. The van der Waals surface area contributed by atoms with Crippen LogP contribution in [0.3, 0.4) is 0 Å². The van der Waals surface area contributed by atoms with E-state index in [9.17, 15) is 0 Å². The molecule has 17 heavy (non-hydrogen) atoms.